The lowest BCUT2D eigenvalue weighted by molar-refractivity contribution is -0.0979. The summed E-state index contributed by atoms with van der Waals surface area (Å²) >= 11 is 0. The Labute approximate surface area is 154 Å². The second-order valence-corrected chi connectivity index (χ2v) is 5.87. The van der Waals surface area contributed by atoms with E-state index in [9.17, 15) is 0 Å². The number of aryl methyl sites for hydroxylation is 1. The van der Waals surface area contributed by atoms with Gasteiger partial charge in [0.25, 0.3) is 0 Å². The predicted molar refractivity (Wildman–Crippen MR) is 108 cm³/mol. The fourth-order valence-electron chi connectivity index (χ4n) is 2.28. The molecular weight excluding hydrogens is 314 g/mol. The molecule has 1 aromatic rings. The molecule has 0 unspecified atom stereocenters. The number of carbonyl (C=O) groups excluding carboxylic acids is 1. The zero-order valence-corrected chi connectivity index (χ0v) is 16.0. The molecule has 5 heteroatoms. The van der Waals surface area contributed by atoms with Crippen LogP contribution in [0.1, 0.15) is 57.4 Å². The van der Waals surface area contributed by atoms with Gasteiger partial charge in [0.2, 0.25) is 0 Å². The lowest BCUT2D eigenvalue weighted by Crippen LogP contribution is -2.27. The van der Waals surface area contributed by atoms with Crippen molar-refractivity contribution in [2.75, 3.05) is 26.2 Å². The molecule has 0 aromatic heterocycles. The van der Waals surface area contributed by atoms with Crippen LogP contribution in [0.2, 0.25) is 0 Å². The predicted octanol–water partition coefficient (Wildman–Crippen LogP) is 2.99. The molecule has 0 fully saturated rings. The Morgan fingerprint density at radius 3 is 1.84 bits per heavy atom. The number of unbranched alkanes of at least 4 members (excludes halogenated alkanes) is 6. The van der Waals surface area contributed by atoms with Crippen LogP contribution in [0, 0.1) is 0 Å². The molecule has 0 heterocycles. The smallest absolute Gasteiger partial charge is 0.115 e. The quantitative estimate of drug-likeness (QED) is 0.433. The van der Waals surface area contributed by atoms with Crippen molar-refractivity contribution in [3.05, 3.63) is 29.8 Å². The Kier molecular flexibility index (Phi) is 23.3. The average Bonchev–Trinajstić information content (AvgIpc) is 2.65. The topological polar surface area (TPSA) is 101 Å². The molecule has 25 heavy (non-hydrogen) atoms. The lowest BCUT2D eigenvalue weighted by Gasteiger charge is -2.02. The summed E-state index contributed by atoms with van der Waals surface area (Å²) in [5.74, 6) is 0.364. The maximum atomic E-state index is 9.15. The molecule has 0 aliphatic carbocycles. The summed E-state index contributed by atoms with van der Waals surface area (Å²) in [4.78, 5) is 8.00. The van der Waals surface area contributed by atoms with Gasteiger partial charge >= 0.3 is 0 Å². The number of nitrogens with one attached hydrogen (secondary N) is 1. The van der Waals surface area contributed by atoms with Crippen LogP contribution in [0.15, 0.2) is 24.3 Å². The first-order valence-electron chi connectivity index (χ1n) is 9.42. The Balaban J connectivity index is 0. The molecule has 1 rings (SSSR count). The standard InChI is InChI=1S/C15H24O.C4H13N3.CH2O/c1-2-3-4-5-6-7-8-9-14-10-12-15(16)13-11-14;5-1-3-7-4-2-6;1-2/h10-13,16H,2-9H2,1H3;7H,1-6H2;1H2. The maximum Gasteiger partial charge on any atom is 0.115 e. The largest absolute Gasteiger partial charge is 0.508 e. The van der Waals surface area contributed by atoms with Crippen molar-refractivity contribution in [3.63, 3.8) is 0 Å². The van der Waals surface area contributed by atoms with Crippen LogP contribution in [0.4, 0.5) is 0 Å². The minimum atomic E-state index is 0.364. The van der Waals surface area contributed by atoms with Gasteiger partial charge in [-0.2, -0.15) is 0 Å². The van der Waals surface area contributed by atoms with Crippen molar-refractivity contribution in [1.29, 1.82) is 0 Å². The number of hydrogen-bond acceptors (Lipinski definition) is 5. The Bertz CT molecular complexity index is 354. The molecule has 0 radical (unpaired) electrons. The van der Waals surface area contributed by atoms with Gasteiger partial charge in [-0.3, -0.25) is 0 Å². The van der Waals surface area contributed by atoms with Crippen molar-refractivity contribution in [2.45, 2.75) is 58.3 Å². The van der Waals surface area contributed by atoms with Gasteiger partial charge < -0.3 is 26.7 Å². The van der Waals surface area contributed by atoms with E-state index in [1.54, 1.807) is 12.1 Å². The third-order valence-electron chi connectivity index (χ3n) is 3.65. The summed E-state index contributed by atoms with van der Waals surface area (Å²) in [6.45, 7) is 7.39. The van der Waals surface area contributed by atoms with Crippen LogP contribution >= 0.6 is 0 Å². The normalized spacial score (nSPS) is 9.56. The van der Waals surface area contributed by atoms with E-state index in [1.165, 1.54) is 50.5 Å². The van der Waals surface area contributed by atoms with Crippen LogP contribution in [0.5, 0.6) is 5.75 Å². The lowest BCUT2D eigenvalue weighted by atomic mass is 10.0. The highest BCUT2D eigenvalue weighted by atomic mass is 16.3. The third-order valence-corrected chi connectivity index (χ3v) is 3.65. The highest BCUT2D eigenvalue weighted by Crippen LogP contribution is 2.13. The second-order valence-electron chi connectivity index (χ2n) is 5.87. The van der Waals surface area contributed by atoms with Crippen molar-refractivity contribution in [2.24, 2.45) is 11.5 Å². The maximum absolute atomic E-state index is 9.15. The molecule has 1 aromatic carbocycles. The van der Waals surface area contributed by atoms with Gasteiger partial charge in [0.1, 0.15) is 12.5 Å². The Morgan fingerprint density at radius 2 is 1.36 bits per heavy atom. The van der Waals surface area contributed by atoms with Crippen LogP contribution < -0.4 is 16.8 Å². The van der Waals surface area contributed by atoms with E-state index in [0.29, 0.717) is 18.8 Å². The van der Waals surface area contributed by atoms with Crippen molar-refractivity contribution >= 4 is 6.79 Å². The number of rotatable bonds is 12. The first-order valence-corrected chi connectivity index (χ1v) is 9.42. The molecule has 0 bridgehead atoms. The van der Waals surface area contributed by atoms with Gasteiger partial charge in [0.15, 0.2) is 0 Å². The number of phenols is 1. The number of carbonyl (C=O) groups is 1. The second kappa shape index (κ2) is 22.6. The molecule has 0 saturated carbocycles. The van der Waals surface area contributed by atoms with Gasteiger partial charge in [0.05, 0.1) is 0 Å². The van der Waals surface area contributed by atoms with E-state index in [-0.39, 0.29) is 0 Å². The minimum Gasteiger partial charge on any atom is -0.508 e. The number of nitrogens with two attached hydrogens (primary N) is 2. The first kappa shape index (κ1) is 25.8. The molecule has 146 valence electrons. The molecule has 0 spiro atoms. The minimum absolute atomic E-state index is 0.364. The highest BCUT2D eigenvalue weighted by Gasteiger charge is 1.94. The van der Waals surface area contributed by atoms with E-state index in [2.05, 4.69) is 12.2 Å². The van der Waals surface area contributed by atoms with E-state index in [0.717, 1.165) is 19.5 Å². The Hall–Kier alpha value is -1.43. The fourth-order valence-corrected chi connectivity index (χ4v) is 2.28. The van der Waals surface area contributed by atoms with Crippen LogP contribution in [0.25, 0.3) is 0 Å². The van der Waals surface area contributed by atoms with Crippen molar-refractivity contribution in [1.82, 2.24) is 5.32 Å². The van der Waals surface area contributed by atoms with E-state index >= 15 is 0 Å². The summed E-state index contributed by atoms with van der Waals surface area (Å²) in [5.41, 5.74) is 11.7. The van der Waals surface area contributed by atoms with Gasteiger partial charge in [-0.05, 0) is 30.5 Å². The average molecular weight is 354 g/mol. The monoisotopic (exact) mass is 353 g/mol. The zero-order valence-electron chi connectivity index (χ0n) is 16.0. The highest BCUT2D eigenvalue weighted by molar-refractivity contribution is 5.25. The van der Waals surface area contributed by atoms with Gasteiger partial charge in [0, 0.05) is 26.2 Å². The van der Waals surface area contributed by atoms with Gasteiger partial charge in [-0.1, -0.05) is 57.6 Å². The molecule has 5 nitrogen and oxygen atoms in total. The summed E-state index contributed by atoms with van der Waals surface area (Å²) in [5, 5.41) is 12.2. The molecule has 0 saturated heterocycles. The summed E-state index contributed by atoms with van der Waals surface area (Å²) < 4.78 is 0. The number of hydrogen-bond donors (Lipinski definition) is 4. The van der Waals surface area contributed by atoms with Crippen LogP contribution in [-0.2, 0) is 11.2 Å². The number of benzene rings is 1. The van der Waals surface area contributed by atoms with E-state index in [1.807, 2.05) is 18.9 Å². The first-order chi connectivity index (χ1) is 12.2. The summed E-state index contributed by atoms with van der Waals surface area (Å²) in [6, 6.07) is 7.59. The zero-order chi connectivity index (χ0) is 19.2. The summed E-state index contributed by atoms with van der Waals surface area (Å²) in [6.07, 6.45) is 10.6. The molecular formula is C20H39N3O2. The fraction of sp³-hybridized carbons (Fsp3) is 0.650. The molecule has 0 aliphatic rings. The summed E-state index contributed by atoms with van der Waals surface area (Å²) in [7, 11) is 0. The number of aromatic hydroxyl groups is 1. The van der Waals surface area contributed by atoms with Crippen molar-refractivity contribution in [3.8, 4) is 5.75 Å². The molecule has 0 amide bonds. The van der Waals surface area contributed by atoms with E-state index in [4.69, 9.17) is 21.4 Å². The van der Waals surface area contributed by atoms with Crippen LogP contribution in [-0.4, -0.2) is 38.1 Å². The van der Waals surface area contributed by atoms with Gasteiger partial charge in [-0.25, -0.2) is 0 Å². The van der Waals surface area contributed by atoms with Crippen molar-refractivity contribution < 1.29 is 9.90 Å². The third kappa shape index (κ3) is 20.5. The molecule has 0 aliphatic heterocycles. The SMILES string of the molecule is C=O.CCCCCCCCCc1ccc(O)cc1.NCCNCCN. The number of phenolic OH excluding ortho intramolecular Hbond substituents is 1. The Morgan fingerprint density at radius 1 is 0.880 bits per heavy atom. The molecule has 0 atom stereocenters. The van der Waals surface area contributed by atoms with Gasteiger partial charge in [-0.15, -0.1) is 0 Å². The van der Waals surface area contributed by atoms with E-state index < -0.39 is 0 Å². The molecule has 6 N–H and O–H groups in total. The van der Waals surface area contributed by atoms with Crippen LogP contribution in [0.3, 0.4) is 0 Å².